The lowest BCUT2D eigenvalue weighted by molar-refractivity contribution is -0.144. The van der Waals surface area contributed by atoms with Gasteiger partial charge in [-0.3, -0.25) is 9.59 Å². The third kappa shape index (κ3) is 6.71. The average molecular weight is 258 g/mol. The van der Waals surface area contributed by atoms with Gasteiger partial charge in [-0.1, -0.05) is 0 Å². The molecule has 1 aliphatic rings. The maximum absolute atomic E-state index is 11.4. The van der Waals surface area contributed by atoms with E-state index in [0.29, 0.717) is 19.1 Å². The van der Waals surface area contributed by atoms with Crippen LogP contribution in [0.3, 0.4) is 0 Å². The molecule has 1 saturated heterocycles. The van der Waals surface area contributed by atoms with Gasteiger partial charge in [0.1, 0.15) is 6.61 Å². The molecule has 0 spiro atoms. The van der Waals surface area contributed by atoms with E-state index in [0.717, 1.165) is 26.1 Å². The van der Waals surface area contributed by atoms with E-state index >= 15 is 0 Å². The van der Waals surface area contributed by atoms with Crippen LogP contribution in [0.2, 0.25) is 0 Å². The van der Waals surface area contributed by atoms with Gasteiger partial charge in [0.2, 0.25) is 0 Å². The van der Waals surface area contributed by atoms with Crippen molar-refractivity contribution in [2.75, 3.05) is 33.0 Å². The second-order valence-corrected chi connectivity index (χ2v) is 4.41. The predicted molar refractivity (Wildman–Crippen MR) is 65.2 cm³/mol. The third-order valence-electron chi connectivity index (χ3n) is 2.87. The maximum Gasteiger partial charge on any atom is 0.306 e. The number of carbonyl (C=O) groups is 2. The molecular weight excluding hydrogens is 236 g/mol. The van der Waals surface area contributed by atoms with Gasteiger partial charge in [0, 0.05) is 19.6 Å². The number of ketones is 1. The highest BCUT2D eigenvalue weighted by atomic mass is 16.5. The molecule has 1 fully saturated rings. The molecular formula is C13H22O5. The van der Waals surface area contributed by atoms with Crippen molar-refractivity contribution in [1.82, 2.24) is 0 Å². The van der Waals surface area contributed by atoms with E-state index in [1.807, 2.05) is 0 Å². The number of ether oxygens (including phenoxy) is 3. The molecule has 1 heterocycles. The van der Waals surface area contributed by atoms with Crippen LogP contribution in [0, 0.1) is 5.92 Å². The highest BCUT2D eigenvalue weighted by Gasteiger charge is 2.14. The Morgan fingerprint density at radius 1 is 1.22 bits per heavy atom. The molecule has 1 aliphatic heterocycles. The van der Waals surface area contributed by atoms with Crippen molar-refractivity contribution < 1.29 is 23.8 Å². The molecule has 104 valence electrons. The largest absolute Gasteiger partial charge is 0.466 e. The number of carbonyl (C=O) groups excluding carboxylic acids is 2. The smallest absolute Gasteiger partial charge is 0.306 e. The van der Waals surface area contributed by atoms with Crippen molar-refractivity contribution in [2.45, 2.75) is 32.6 Å². The molecule has 0 amide bonds. The minimum absolute atomic E-state index is 0.0462. The van der Waals surface area contributed by atoms with E-state index in [4.69, 9.17) is 14.2 Å². The highest BCUT2D eigenvalue weighted by Crippen LogP contribution is 2.14. The highest BCUT2D eigenvalue weighted by molar-refractivity contribution is 5.83. The fourth-order valence-corrected chi connectivity index (χ4v) is 1.80. The fraction of sp³-hybridized carbons (Fsp3) is 0.846. The Morgan fingerprint density at radius 3 is 2.61 bits per heavy atom. The molecule has 5 heteroatoms. The summed E-state index contributed by atoms with van der Waals surface area (Å²) < 4.78 is 15.4. The molecule has 18 heavy (non-hydrogen) atoms. The van der Waals surface area contributed by atoms with Crippen molar-refractivity contribution in [1.29, 1.82) is 0 Å². The van der Waals surface area contributed by atoms with Gasteiger partial charge >= 0.3 is 5.97 Å². The lowest BCUT2D eigenvalue weighted by atomic mass is 10.0. The summed E-state index contributed by atoms with van der Waals surface area (Å²) in [6, 6.07) is 0. The number of Topliss-reactive ketones (excluding diaryl/α,β-unsaturated/α-hetero) is 1. The zero-order chi connectivity index (χ0) is 13.2. The van der Waals surface area contributed by atoms with E-state index < -0.39 is 0 Å². The van der Waals surface area contributed by atoms with Crippen LogP contribution >= 0.6 is 0 Å². The summed E-state index contributed by atoms with van der Waals surface area (Å²) in [6.07, 6.45) is 2.34. The summed E-state index contributed by atoms with van der Waals surface area (Å²) in [5.74, 6) is 0.127. The molecule has 0 aliphatic carbocycles. The van der Waals surface area contributed by atoms with Gasteiger partial charge in [-0.2, -0.15) is 0 Å². The number of hydrogen-bond donors (Lipinski definition) is 0. The van der Waals surface area contributed by atoms with Crippen LogP contribution in [0.15, 0.2) is 0 Å². The molecule has 0 aromatic carbocycles. The SMILES string of the molecule is CCOC(=O)CCC(=O)COCC1CCOCC1. The molecule has 0 aromatic heterocycles. The third-order valence-corrected chi connectivity index (χ3v) is 2.87. The standard InChI is InChI=1S/C13H22O5/c1-2-18-13(15)4-3-12(14)10-17-9-11-5-7-16-8-6-11/h11H,2-10H2,1H3. The monoisotopic (exact) mass is 258 g/mol. The first kappa shape index (κ1) is 15.1. The average Bonchev–Trinajstić information content (AvgIpc) is 2.38. The van der Waals surface area contributed by atoms with Crippen LogP contribution in [-0.2, 0) is 23.8 Å². The summed E-state index contributed by atoms with van der Waals surface area (Å²) in [5.41, 5.74) is 0. The van der Waals surface area contributed by atoms with Crippen LogP contribution in [0.5, 0.6) is 0 Å². The van der Waals surface area contributed by atoms with E-state index in [9.17, 15) is 9.59 Å². The minimum Gasteiger partial charge on any atom is -0.466 e. The Labute approximate surface area is 108 Å². The van der Waals surface area contributed by atoms with Crippen LogP contribution in [0.1, 0.15) is 32.6 Å². The Balaban J connectivity index is 2.00. The van der Waals surface area contributed by atoms with Crippen LogP contribution in [-0.4, -0.2) is 44.8 Å². The minimum atomic E-state index is -0.324. The number of rotatable bonds is 8. The second-order valence-electron chi connectivity index (χ2n) is 4.41. The van der Waals surface area contributed by atoms with Crippen molar-refractivity contribution in [2.24, 2.45) is 5.92 Å². The zero-order valence-electron chi connectivity index (χ0n) is 11.0. The molecule has 0 atom stereocenters. The molecule has 0 saturated carbocycles. The van der Waals surface area contributed by atoms with Gasteiger partial charge < -0.3 is 14.2 Å². The van der Waals surface area contributed by atoms with Crippen molar-refractivity contribution in [3.63, 3.8) is 0 Å². The number of esters is 1. The van der Waals surface area contributed by atoms with E-state index in [1.54, 1.807) is 6.92 Å². The summed E-state index contributed by atoms with van der Waals surface area (Å²) in [4.78, 5) is 22.5. The molecule has 5 nitrogen and oxygen atoms in total. The molecule has 0 unspecified atom stereocenters. The van der Waals surface area contributed by atoms with Gasteiger partial charge in [0.25, 0.3) is 0 Å². The van der Waals surface area contributed by atoms with Crippen LogP contribution in [0.4, 0.5) is 0 Å². The Morgan fingerprint density at radius 2 is 1.94 bits per heavy atom. The van der Waals surface area contributed by atoms with E-state index in [-0.39, 0.29) is 31.2 Å². The first-order chi connectivity index (χ1) is 8.72. The topological polar surface area (TPSA) is 61.8 Å². The van der Waals surface area contributed by atoms with Crippen molar-refractivity contribution in [3.05, 3.63) is 0 Å². The lowest BCUT2D eigenvalue weighted by Crippen LogP contribution is -2.22. The Kier molecular flexibility index (Phi) is 7.60. The molecule has 0 radical (unpaired) electrons. The maximum atomic E-state index is 11.4. The molecule has 1 rings (SSSR count). The van der Waals surface area contributed by atoms with Crippen molar-refractivity contribution >= 4 is 11.8 Å². The summed E-state index contributed by atoms with van der Waals surface area (Å²) in [5, 5.41) is 0. The quantitative estimate of drug-likeness (QED) is 0.615. The number of hydrogen-bond acceptors (Lipinski definition) is 5. The summed E-state index contributed by atoms with van der Waals surface area (Å²) in [6.45, 7) is 4.37. The first-order valence-corrected chi connectivity index (χ1v) is 6.55. The normalized spacial score (nSPS) is 16.5. The van der Waals surface area contributed by atoms with Crippen LogP contribution < -0.4 is 0 Å². The van der Waals surface area contributed by atoms with Gasteiger partial charge in [-0.25, -0.2) is 0 Å². The first-order valence-electron chi connectivity index (χ1n) is 6.55. The molecule has 0 N–H and O–H groups in total. The van der Waals surface area contributed by atoms with Gasteiger partial charge in [-0.05, 0) is 25.7 Å². The van der Waals surface area contributed by atoms with Gasteiger partial charge in [-0.15, -0.1) is 0 Å². The molecule has 0 bridgehead atoms. The van der Waals surface area contributed by atoms with Gasteiger partial charge in [0.15, 0.2) is 5.78 Å². The Hall–Kier alpha value is -0.940. The summed E-state index contributed by atoms with van der Waals surface area (Å²) >= 11 is 0. The molecule has 0 aromatic rings. The van der Waals surface area contributed by atoms with Gasteiger partial charge in [0.05, 0.1) is 19.6 Å². The van der Waals surface area contributed by atoms with E-state index in [1.165, 1.54) is 0 Å². The van der Waals surface area contributed by atoms with Crippen molar-refractivity contribution in [3.8, 4) is 0 Å². The Bertz CT molecular complexity index is 258. The lowest BCUT2D eigenvalue weighted by Gasteiger charge is -2.21. The second kappa shape index (κ2) is 9.05. The summed E-state index contributed by atoms with van der Waals surface area (Å²) in [7, 11) is 0. The van der Waals surface area contributed by atoms with Crippen LogP contribution in [0.25, 0.3) is 0 Å². The fourth-order valence-electron chi connectivity index (χ4n) is 1.80. The predicted octanol–water partition coefficient (Wildman–Crippen LogP) is 1.34. The van der Waals surface area contributed by atoms with E-state index in [2.05, 4.69) is 0 Å². The zero-order valence-corrected chi connectivity index (χ0v) is 11.0.